The molecule has 2 N–H and O–H groups in total. The number of rotatable bonds is 8. The topological polar surface area (TPSA) is 133 Å². The zero-order valence-corrected chi connectivity index (χ0v) is 18.4. The first-order chi connectivity index (χ1) is 16.6. The largest absolute Gasteiger partial charge is 0.437 e. The maximum atomic E-state index is 10.3. The summed E-state index contributed by atoms with van der Waals surface area (Å²) < 4.78 is 7.69. The predicted octanol–water partition coefficient (Wildman–Crippen LogP) is 3.45. The smallest absolute Gasteiger partial charge is 0.223 e. The Bertz CT molecular complexity index is 1370. The number of aliphatic hydroxyl groups excluding tert-OH is 1. The average Bonchev–Trinajstić information content (AvgIpc) is 3.34. The van der Waals surface area contributed by atoms with Crippen molar-refractivity contribution in [3.63, 3.8) is 0 Å². The Labute approximate surface area is 196 Å². The third-order valence-electron chi connectivity index (χ3n) is 4.96. The van der Waals surface area contributed by atoms with E-state index in [-0.39, 0.29) is 13.1 Å². The molecule has 0 fully saturated rings. The van der Waals surface area contributed by atoms with E-state index in [1.807, 2.05) is 36.4 Å². The number of aryl methyl sites for hydroxylation is 1. The minimum Gasteiger partial charge on any atom is -0.437 e. The predicted molar refractivity (Wildman–Crippen MR) is 124 cm³/mol. The first-order valence-corrected chi connectivity index (χ1v) is 10.5. The highest BCUT2D eigenvalue weighted by molar-refractivity contribution is 5.60. The van der Waals surface area contributed by atoms with Gasteiger partial charge < -0.3 is 15.2 Å². The number of hydrogen-bond donors (Lipinski definition) is 2. The Hall–Kier alpha value is -4.57. The van der Waals surface area contributed by atoms with E-state index in [1.54, 1.807) is 48.3 Å². The molecule has 0 saturated heterocycles. The van der Waals surface area contributed by atoms with Crippen LogP contribution in [-0.4, -0.2) is 37.9 Å². The van der Waals surface area contributed by atoms with Gasteiger partial charge in [0.2, 0.25) is 5.88 Å². The van der Waals surface area contributed by atoms with Gasteiger partial charge in [0.15, 0.2) is 5.75 Å². The highest BCUT2D eigenvalue weighted by Gasteiger charge is 2.15. The zero-order valence-electron chi connectivity index (χ0n) is 18.4. The lowest BCUT2D eigenvalue weighted by Crippen LogP contribution is -2.21. The van der Waals surface area contributed by atoms with Crippen LogP contribution in [0, 0.1) is 29.6 Å². The van der Waals surface area contributed by atoms with Crippen LogP contribution in [0.4, 0.5) is 0 Å². The molecule has 0 bridgehead atoms. The van der Waals surface area contributed by atoms with Gasteiger partial charge in [-0.15, -0.1) is 0 Å². The van der Waals surface area contributed by atoms with Crippen molar-refractivity contribution in [3.05, 3.63) is 83.9 Å². The normalized spacial score (nSPS) is 11.4. The monoisotopic (exact) mass is 451 g/mol. The van der Waals surface area contributed by atoms with E-state index >= 15 is 0 Å². The zero-order chi connectivity index (χ0) is 23.9. The number of hydrogen-bond acceptors (Lipinski definition) is 8. The Balaban J connectivity index is 1.66. The van der Waals surface area contributed by atoms with Gasteiger partial charge in [0.1, 0.15) is 11.5 Å². The summed E-state index contributed by atoms with van der Waals surface area (Å²) in [5, 5.41) is 35.6. The number of ether oxygens (including phenoxy) is 1. The molecule has 2 aromatic carbocycles. The molecule has 9 nitrogen and oxygen atoms in total. The third-order valence-corrected chi connectivity index (χ3v) is 4.96. The van der Waals surface area contributed by atoms with Crippen molar-refractivity contribution in [2.24, 2.45) is 0 Å². The molecule has 0 aliphatic rings. The van der Waals surface area contributed by atoms with E-state index in [1.165, 1.54) is 0 Å². The highest BCUT2D eigenvalue weighted by atomic mass is 16.5. The Morgan fingerprint density at radius 1 is 1.12 bits per heavy atom. The number of nitrogens with one attached hydrogen (secondary N) is 1. The maximum absolute atomic E-state index is 10.3. The second-order valence-electron chi connectivity index (χ2n) is 7.42. The number of nitrogens with zero attached hydrogens (tertiary/aromatic N) is 6. The van der Waals surface area contributed by atoms with Crippen LogP contribution in [-0.2, 0) is 0 Å². The van der Waals surface area contributed by atoms with Crippen LogP contribution >= 0.6 is 0 Å². The van der Waals surface area contributed by atoms with Gasteiger partial charge in [-0.05, 0) is 19.1 Å². The summed E-state index contributed by atoms with van der Waals surface area (Å²) in [6.07, 6.45) is 2.39. The quantitative estimate of drug-likeness (QED) is 0.307. The van der Waals surface area contributed by atoms with Crippen LogP contribution in [0.1, 0.15) is 23.1 Å². The van der Waals surface area contributed by atoms with E-state index in [0.717, 1.165) is 11.3 Å². The molecule has 0 saturated carbocycles. The molecule has 0 spiro atoms. The molecule has 168 valence electrons. The first kappa shape index (κ1) is 22.6. The van der Waals surface area contributed by atoms with E-state index < -0.39 is 6.10 Å². The van der Waals surface area contributed by atoms with E-state index in [4.69, 9.17) is 10.00 Å². The van der Waals surface area contributed by atoms with Crippen LogP contribution in [0.5, 0.6) is 11.6 Å². The Morgan fingerprint density at radius 2 is 1.94 bits per heavy atom. The minimum absolute atomic E-state index is 0.141. The number of nitriles is 2. The fourth-order valence-electron chi connectivity index (χ4n) is 3.34. The van der Waals surface area contributed by atoms with Gasteiger partial charge in [-0.1, -0.05) is 30.3 Å². The summed E-state index contributed by atoms with van der Waals surface area (Å²) in [6, 6.07) is 20.5. The lowest BCUT2D eigenvalue weighted by molar-refractivity contribution is 0.176. The molecule has 0 radical (unpaired) electrons. The average molecular weight is 451 g/mol. The number of benzene rings is 2. The fraction of sp³-hybridized carbons (Fsp3) is 0.160. The van der Waals surface area contributed by atoms with E-state index in [9.17, 15) is 10.4 Å². The Morgan fingerprint density at radius 3 is 2.71 bits per heavy atom. The molecule has 0 aliphatic carbocycles. The number of aromatic nitrogens is 4. The SMILES string of the molecule is Cc1nc(Oc2cc(C#N)ccc2-n2cc(C(O)CNCC#N)cn2)cc(-c2ccccc2)n1. The molecule has 1 unspecified atom stereocenters. The van der Waals surface area contributed by atoms with E-state index in [0.29, 0.717) is 34.3 Å². The third kappa shape index (κ3) is 5.25. The van der Waals surface area contributed by atoms with E-state index in [2.05, 4.69) is 26.5 Å². The van der Waals surface area contributed by atoms with Gasteiger partial charge in [-0.3, -0.25) is 0 Å². The molecule has 2 heterocycles. The van der Waals surface area contributed by atoms with Crippen LogP contribution in [0.2, 0.25) is 0 Å². The second-order valence-corrected chi connectivity index (χ2v) is 7.42. The van der Waals surface area contributed by atoms with Gasteiger partial charge in [-0.2, -0.15) is 20.6 Å². The van der Waals surface area contributed by atoms with Crippen molar-refractivity contribution in [3.8, 4) is 40.7 Å². The summed E-state index contributed by atoms with van der Waals surface area (Å²) in [4.78, 5) is 8.90. The van der Waals surface area contributed by atoms with Crippen molar-refractivity contribution in [1.82, 2.24) is 25.1 Å². The summed E-state index contributed by atoms with van der Waals surface area (Å²) >= 11 is 0. The van der Waals surface area contributed by atoms with Crippen LogP contribution in [0.3, 0.4) is 0 Å². The molecular formula is C25H21N7O2. The highest BCUT2D eigenvalue weighted by Crippen LogP contribution is 2.30. The van der Waals surface area contributed by atoms with Gasteiger partial charge in [0, 0.05) is 36.0 Å². The molecule has 2 aromatic heterocycles. The van der Waals surface area contributed by atoms with Crippen molar-refractivity contribution in [2.45, 2.75) is 13.0 Å². The van der Waals surface area contributed by atoms with Crippen LogP contribution < -0.4 is 10.1 Å². The van der Waals surface area contributed by atoms with Crippen molar-refractivity contribution < 1.29 is 9.84 Å². The molecule has 4 rings (SSSR count). The first-order valence-electron chi connectivity index (χ1n) is 10.5. The molecule has 34 heavy (non-hydrogen) atoms. The molecule has 0 amide bonds. The second kappa shape index (κ2) is 10.4. The van der Waals surface area contributed by atoms with Crippen LogP contribution in [0.25, 0.3) is 16.9 Å². The molecule has 4 aromatic rings. The fourth-order valence-corrected chi connectivity index (χ4v) is 3.34. The van der Waals surface area contributed by atoms with Crippen LogP contribution in [0.15, 0.2) is 67.0 Å². The summed E-state index contributed by atoms with van der Waals surface area (Å²) in [5.74, 6) is 1.25. The standard InChI is InChI=1S/C25H21N7O2/c1-17-30-21(19-5-3-2-4-6-19)12-25(31-17)34-24-11-18(13-27)7-8-22(24)32-16-20(14-29-32)23(33)15-28-10-9-26/h2-8,11-12,14,16,23,28,33H,10,15H2,1H3. The van der Waals surface area contributed by atoms with Gasteiger partial charge in [0.25, 0.3) is 0 Å². The summed E-state index contributed by atoms with van der Waals surface area (Å²) in [5.41, 5.74) is 3.21. The molecular weight excluding hydrogens is 430 g/mol. The van der Waals surface area contributed by atoms with Crippen molar-refractivity contribution >= 4 is 0 Å². The molecule has 9 heteroatoms. The van der Waals surface area contributed by atoms with Crippen molar-refractivity contribution in [2.75, 3.05) is 13.1 Å². The van der Waals surface area contributed by atoms with Gasteiger partial charge >= 0.3 is 0 Å². The number of aliphatic hydroxyl groups is 1. The minimum atomic E-state index is -0.831. The lowest BCUT2D eigenvalue weighted by Gasteiger charge is -2.13. The summed E-state index contributed by atoms with van der Waals surface area (Å²) in [6.45, 7) is 2.15. The van der Waals surface area contributed by atoms with Gasteiger partial charge in [-0.25, -0.2) is 9.67 Å². The van der Waals surface area contributed by atoms with Gasteiger partial charge in [0.05, 0.1) is 42.2 Å². The maximum Gasteiger partial charge on any atom is 0.223 e. The molecule has 1 atom stereocenters. The van der Waals surface area contributed by atoms with Crippen molar-refractivity contribution in [1.29, 1.82) is 10.5 Å². The molecule has 0 aliphatic heterocycles. The summed E-state index contributed by atoms with van der Waals surface area (Å²) in [7, 11) is 0. The lowest BCUT2D eigenvalue weighted by atomic mass is 10.1. The Kier molecular flexibility index (Phi) is 6.89.